The van der Waals surface area contributed by atoms with Gasteiger partial charge in [0.05, 0.1) is 5.69 Å². The van der Waals surface area contributed by atoms with Crippen molar-refractivity contribution in [3.8, 4) is 0 Å². The number of thioether (sulfide) groups is 1. The second-order valence-electron chi connectivity index (χ2n) is 2.45. The molecule has 0 unspecified atom stereocenters. The Morgan fingerprint density at radius 1 is 1.69 bits per heavy atom. The first-order valence-corrected chi connectivity index (χ1v) is 4.76. The minimum atomic E-state index is 0. The molecule has 0 spiro atoms. The summed E-state index contributed by atoms with van der Waals surface area (Å²) in [5, 5.41) is 14.9. The zero-order valence-corrected chi connectivity index (χ0v) is 10.9. The number of hydrogen-bond donors (Lipinski definition) is 2. The van der Waals surface area contributed by atoms with Crippen LogP contribution < -0.4 is 5.32 Å². The number of rotatable bonds is 1. The number of aryl methyl sites for hydroxylation is 2. The lowest BCUT2D eigenvalue weighted by molar-refractivity contribution is 0.766. The van der Waals surface area contributed by atoms with Crippen LogP contribution in [0.4, 0.5) is 5.82 Å². The molecule has 2 N–H and O–H groups in total. The van der Waals surface area contributed by atoms with Crippen molar-refractivity contribution >= 4 is 46.7 Å². The van der Waals surface area contributed by atoms with E-state index in [1.165, 1.54) is 11.8 Å². The van der Waals surface area contributed by atoms with Gasteiger partial charge in [-0.1, -0.05) is 11.8 Å². The van der Waals surface area contributed by atoms with Crippen LogP contribution in [0, 0.1) is 12.3 Å². The number of anilines is 1. The van der Waals surface area contributed by atoms with Crippen molar-refractivity contribution in [1.29, 1.82) is 5.41 Å². The summed E-state index contributed by atoms with van der Waals surface area (Å²) in [6.45, 7) is 1.92. The van der Waals surface area contributed by atoms with E-state index in [1.54, 1.807) is 4.68 Å². The summed E-state index contributed by atoms with van der Waals surface area (Å²) in [5.74, 6) is 0.854. The van der Waals surface area contributed by atoms with Gasteiger partial charge >= 0.3 is 0 Å². The smallest absolute Gasteiger partial charge is 0.159 e. The van der Waals surface area contributed by atoms with Crippen LogP contribution in [0.1, 0.15) is 5.69 Å². The fourth-order valence-corrected chi connectivity index (χ4v) is 1.10. The third-order valence-corrected chi connectivity index (χ3v) is 1.96. The lowest BCUT2D eigenvalue weighted by Gasteiger charge is -2.03. The molecule has 0 atom stereocenters. The Morgan fingerprint density at radius 2 is 2.31 bits per heavy atom. The fourth-order valence-electron chi connectivity index (χ4n) is 0.895. The van der Waals surface area contributed by atoms with E-state index in [1.807, 2.05) is 26.3 Å². The maximum absolute atomic E-state index is 7.39. The van der Waals surface area contributed by atoms with Crippen molar-refractivity contribution in [1.82, 2.24) is 9.78 Å². The number of hydrogen-bond acceptors (Lipinski definition) is 3. The molecule has 1 aromatic heterocycles. The molecule has 1 rings (SSSR count). The predicted octanol–water partition coefficient (Wildman–Crippen LogP) is 2.06. The maximum atomic E-state index is 7.39. The molecule has 6 heteroatoms. The molecule has 13 heavy (non-hydrogen) atoms. The third kappa shape index (κ3) is 3.55. The van der Waals surface area contributed by atoms with Gasteiger partial charge in [0.2, 0.25) is 0 Å². The molecule has 0 saturated heterocycles. The summed E-state index contributed by atoms with van der Waals surface area (Å²) in [4.78, 5) is 0. The molecule has 0 amide bonds. The normalized spacial score (nSPS) is 9.15. The zero-order valence-electron chi connectivity index (χ0n) is 7.79. The zero-order chi connectivity index (χ0) is 9.14. The highest BCUT2D eigenvalue weighted by molar-refractivity contribution is 14.0. The number of halogens is 1. The maximum Gasteiger partial charge on any atom is 0.159 e. The van der Waals surface area contributed by atoms with Crippen LogP contribution in [0.3, 0.4) is 0 Å². The number of amidine groups is 1. The largest absolute Gasteiger partial charge is 0.320 e. The van der Waals surface area contributed by atoms with Gasteiger partial charge in [-0.25, -0.2) is 0 Å². The van der Waals surface area contributed by atoms with Crippen molar-refractivity contribution in [2.75, 3.05) is 11.6 Å². The van der Waals surface area contributed by atoms with Crippen LogP contribution >= 0.6 is 35.7 Å². The van der Waals surface area contributed by atoms with Gasteiger partial charge in [0.15, 0.2) is 5.17 Å². The lowest BCUT2D eigenvalue weighted by atomic mass is 10.5. The molecule has 4 nitrogen and oxygen atoms in total. The molecule has 0 fully saturated rings. The standard InChI is InChI=1S/C7H12N4S.HI/c1-5-4-6(11(2)10-5)9-7(8)12-3;/h4H,1-3H3,(H2,8,9);1H. The highest BCUT2D eigenvalue weighted by atomic mass is 127. The molecule has 0 radical (unpaired) electrons. The molecule has 0 bridgehead atoms. The van der Waals surface area contributed by atoms with Crippen LogP contribution in [-0.4, -0.2) is 21.2 Å². The van der Waals surface area contributed by atoms with E-state index in [0.717, 1.165) is 11.5 Å². The fraction of sp³-hybridized carbons (Fsp3) is 0.429. The first-order valence-electron chi connectivity index (χ1n) is 3.53. The van der Waals surface area contributed by atoms with Gasteiger partial charge in [-0.3, -0.25) is 10.1 Å². The SMILES string of the molecule is CSC(=N)Nc1cc(C)nn1C.I. The molecule has 0 saturated carbocycles. The summed E-state index contributed by atoms with van der Waals surface area (Å²) < 4.78 is 1.72. The molecule has 1 aromatic rings. The van der Waals surface area contributed by atoms with Gasteiger partial charge in [-0.05, 0) is 13.2 Å². The number of aromatic nitrogens is 2. The minimum absolute atomic E-state index is 0. The number of nitrogens with one attached hydrogen (secondary N) is 2. The average Bonchev–Trinajstić information content (AvgIpc) is 2.30. The van der Waals surface area contributed by atoms with E-state index < -0.39 is 0 Å². The highest BCUT2D eigenvalue weighted by Gasteiger charge is 2.02. The summed E-state index contributed by atoms with van der Waals surface area (Å²) in [5.41, 5.74) is 0.953. The van der Waals surface area contributed by atoms with Gasteiger partial charge in [-0.2, -0.15) is 5.10 Å². The van der Waals surface area contributed by atoms with Crippen molar-refractivity contribution in [2.45, 2.75) is 6.92 Å². The molecular formula is C7H13IN4S. The van der Waals surface area contributed by atoms with Crippen LogP contribution in [0.2, 0.25) is 0 Å². The van der Waals surface area contributed by atoms with E-state index in [0.29, 0.717) is 5.17 Å². The van der Waals surface area contributed by atoms with Crippen LogP contribution in [0.15, 0.2) is 6.07 Å². The van der Waals surface area contributed by atoms with Gasteiger partial charge in [-0.15, -0.1) is 24.0 Å². The van der Waals surface area contributed by atoms with Gasteiger partial charge in [0.1, 0.15) is 5.82 Å². The summed E-state index contributed by atoms with van der Waals surface area (Å²) in [6, 6.07) is 1.91. The summed E-state index contributed by atoms with van der Waals surface area (Å²) >= 11 is 1.37. The molecule has 0 aliphatic rings. The van der Waals surface area contributed by atoms with Crippen LogP contribution in [0.5, 0.6) is 0 Å². The predicted molar refractivity (Wildman–Crippen MR) is 68.2 cm³/mol. The van der Waals surface area contributed by atoms with E-state index >= 15 is 0 Å². The highest BCUT2D eigenvalue weighted by Crippen LogP contribution is 2.09. The second-order valence-corrected chi connectivity index (χ2v) is 3.27. The Labute approximate surface area is 99.0 Å². The van der Waals surface area contributed by atoms with Crippen molar-refractivity contribution < 1.29 is 0 Å². The van der Waals surface area contributed by atoms with E-state index in [4.69, 9.17) is 5.41 Å². The third-order valence-electron chi connectivity index (χ3n) is 1.45. The Hall–Kier alpha value is -0.240. The molecular weight excluding hydrogens is 299 g/mol. The van der Waals surface area contributed by atoms with Crippen LogP contribution in [0.25, 0.3) is 0 Å². The Bertz CT molecular complexity index is 297. The quantitative estimate of drug-likeness (QED) is 0.474. The van der Waals surface area contributed by atoms with Gasteiger partial charge < -0.3 is 5.32 Å². The lowest BCUT2D eigenvalue weighted by Crippen LogP contribution is -2.08. The minimum Gasteiger partial charge on any atom is -0.320 e. The number of nitrogens with zero attached hydrogens (tertiary/aromatic N) is 2. The Kier molecular flexibility index (Phi) is 5.38. The molecule has 0 aliphatic carbocycles. The first-order chi connectivity index (χ1) is 5.63. The average molecular weight is 312 g/mol. The first kappa shape index (κ1) is 12.8. The summed E-state index contributed by atoms with van der Waals surface area (Å²) in [6.07, 6.45) is 1.86. The molecule has 0 aliphatic heterocycles. The molecule has 1 heterocycles. The summed E-state index contributed by atoms with van der Waals surface area (Å²) in [7, 11) is 1.85. The Morgan fingerprint density at radius 3 is 2.69 bits per heavy atom. The van der Waals surface area contributed by atoms with Crippen molar-refractivity contribution in [3.63, 3.8) is 0 Å². The van der Waals surface area contributed by atoms with Crippen molar-refractivity contribution in [2.24, 2.45) is 7.05 Å². The van der Waals surface area contributed by atoms with Gasteiger partial charge in [0, 0.05) is 13.1 Å². The Balaban J connectivity index is 0.00000144. The molecule has 0 aromatic carbocycles. The molecule has 74 valence electrons. The van der Waals surface area contributed by atoms with E-state index in [2.05, 4.69) is 10.4 Å². The van der Waals surface area contributed by atoms with E-state index in [9.17, 15) is 0 Å². The van der Waals surface area contributed by atoms with Crippen LogP contribution in [-0.2, 0) is 7.05 Å². The topological polar surface area (TPSA) is 53.7 Å². The van der Waals surface area contributed by atoms with Gasteiger partial charge in [0.25, 0.3) is 0 Å². The second kappa shape index (κ2) is 5.48. The van der Waals surface area contributed by atoms with E-state index in [-0.39, 0.29) is 24.0 Å². The monoisotopic (exact) mass is 312 g/mol. The van der Waals surface area contributed by atoms with Crippen molar-refractivity contribution in [3.05, 3.63) is 11.8 Å².